The van der Waals surface area contributed by atoms with E-state index in [0.29, 0.717) is 23.8 Å². The number of carbonyl (C=O) groups is 2. The number of urea groups is 1. The fraction of sp³-hybridized carbons (Fsp3) is 0.409. The number of nitrogens with zero attached hydrogens (tertiary/aromatic N) is 2. The molecule has 11 heteroatoms. The highest BCUT2D eigenvalue weighted by molar-refractivity contribution is 7.89. The molecule has 33 heavy (non-hydrogen) atoms. The van der Waals surface area contributed by atoms with Crippen LogP contribution in [0.5, 0.6) is 5.75 Å². The van der Waals surface area contributed by atoms with Crippen LogP contribution < -0.4 is 19.7 Å². The third-order valence-corrected chi connectivity index (χ3v) is 6.93. The van der Waals surface area contributed by atoms with E-state index in [1.165, 1.54) is 23.1 Å². The highest BCUT2D eigenvalue weighted by Crippen LogP contribution is 2.31. The molecular formula is C22H25FN4O5S. The van der Waals surface area contributed by atoms with Crippen molar-refractivity contribution in [1.82, 2.24) is 15.0 Å². The number of benzene rings is 1. The molecule has 1 saturated heterocycles. The van der Waals surface area contributed by atoms with Crippen LogP contribution in [0.25, 0.3) is 0 Å². The molecule has 1 aliphatic heterocycles. The zero-order chi connectivity index (χ0) is 23.6. The van der Waals surface area contributed by atoms with Gasteiger partial charge < -0.3 is 4.74 Å². The SMILES string of the molecule is C[C@@H](NS(=O)(=O)CCc1cccc(N2CC(=O)NC2=O)n1)c1ccc(F)c(OCC2CC2)c1. The second-order valence-corrected chi connectivity index (χ2v) is 10.2. The maximum Gasteiger partial charge on any atom is 0.330 e. The number of carbonyl (C=O) groups excluding carboxylic acids is 2. The van der Waals surface area contributed by atoms with Crippen molar-refractivity contribution in [3.05, 3.63) is 53.5 Å². The predicted molar refractivity (Wildman–Crippen MR) is 119 cm³/mol. The Morgan fingerprint density at radius 1 is 1.27 bits per heavy atom. The van der Waals surface area contributed by atoms with Crippen molar-refractivity contribution < 1.29 is 27.1 Å². The first kappa shape index (κ1) is 23.1. The van der Waals surface area contributed by atoms with Gasteiger partial charge in [-0.1, -0.05) is 12.1 Å². The smallest absolute Gasteiger partial charge is 0.330 e. The summed E-state index contributed by atoms with van der Waals surface area (Å²) in [4.78, 5) is 28.7. The largest absolute Gasteiger partial charge is 0.490 e. The van der Waals surface area contributed by atoms with Crippen LogP contribution in [-0.2, 0) is 21.2 Å². The molecule has 1 aliphatic carbocycles. The van der Waals surface area contributed by atoms with Gasteiger partial charge in [-0.15, -0.1) is 0 Å². The number of nitrogens with one attached hydrogen (secondary N) is 2. The van der Waals surface area contributed by atoms with Gasteiger partial charge in [0.15, 0.2) is 11.6 Å². The van der Waals surface area contributed by atoms with E-state index in [1.807, 2.05) is 0 Å². The van der Waals surface area contributed by atoms with Gasteiger partial charge in [0, 0.05) is 18.2 Å². The molecule has 1 atom stereocenters. The first-order valence-electron chi connectivity index (χ1n) is 10.7. The summed E-state index contributed by atoms with van der Waals surface area (Å²) in [5.74, 6) is -0.263. The summed E-state index contributed by atoms with van der Waals surface area (Å²) < 4.78 is 47.4. The quantitative estimate of drug-likeness (QED) is 0.508. The topological polar surface area (TPSA) is 118 Å². The standard InChI is InChI=1S/C22H25FN4O5S/c1-14(16-7-8-18(23)19(11-16)32-13-15-5-6-15)26-33(30,31)10-9-17-3-2-4-20(24-17)27-12-21(28)25-22(27)29/h2-4,7-8,11,14-15,26H,5-6,9-10,12-13H2,1H3,(H,25,28,29)/t14-/m1/s1. The summed E-state index contributed by atoms with van der Waals surface area (Å²) in [5.41, 5.74) is 1.06. The van der Waals surface area contributed by atoms with Crippen molar-refractivity contribution in [2.45, 2.75) is 32.2 Å². The van der Waals surface area contributed by atoms with Crippen molar-refractivity contribution in [3.8, 4) is 5.75 Å². The van der Waals surface area contributed by atoms with Crippen LogP contribution in [0.1, 0.15) is 37.1 Å². The lowest BCUT2D eigenvalue weighted by atomic mass is 10.1. The third-order valence-electron chi connectivity index (χ3n) is 5.47. The number of aromatic nitrogens is 1. The molecule has 2 fully saturated rings. The Kier molecular flexibility index (Phi) is 6.61. The fourth-order valence-electron chi connectivity index (χ4n) is 3.41. The van der Waals surface area contributed by atoms with E-state index in [-0.39, 0.29) is 30.3 Å². The van der Waals surface area contributed by atoms with Gasteiger partial charge in [-0.3, -0.25) is 15.0 Å². The Balaban J connectivity index is 1.36. The number of ether oxygens (including phenoxy) is 1. The molecule has 0 bridgehead atoms. The van der Waals surface area contributed by atoms with E-state index in [9.17, 15) is 22.4 Å². The predicted octanol–water partition coefficient (Wildman–Crippen LogP) is 2.29. The normalized spacial score (nSPS) is 17.2. The fourth-order valence-corrected chi connectivity index (χ4v) is 4.68. The molecular weight excluding hydrogens is 451 g/mol. The molecule has 2 aromatic rings. The average Bonchev–Trinajstić information content (AvgIpc) is 3.53. The van der Waals surface area contributed by atoms with Crippen LogP contribution in [0, 0.1) is 11.7 Å². The van der Waals surface area contributed by atoms with E-state index < -0.39 is 33.8 Å². The van der Waals surface area contributed by atoms with Crippen molar-refractivity contribution in [2.24, 2.45) is 5.92 Å². The highest BCUT2D eigenvalue weighted by atomic mass is 32.2. The van der Waals surface area contributed by atoms with Gasteiger partial charge in [-0.05, 0) is 55.5 Å². The minimum Gasteiger partial charge on any atom is -0.490 e. The third kappa shape index (κ3) is 6.05. The number of sulfonamides is 1. The molecule has 9 nitrogen and oxygen atoms in total. The molecule has 4 rings (SSSR count). The van der Waals surface area contributed by atoms with E-state index >= 15 is 0 Å². The summed E-state index contributed by atoms with van der Waals surface area (Å²) in [6.45, 7) is 2.01. The molecule has 2 N–H and O–H groups in total. The van der Waals surface area contributed by atoms with Crippen LogP contribution in [0.15, 0.2) is 36.4 Å². The summed E-state index contributed by atoms with van der Waals surface area (Å²) in [6.07, 6.45) is 2.27. The summed E-state index contributed by atoms with van der Waals surface area (Å²) in [7, 11) is -3.69. The van der Waals surface area contributed by atoms with Gasteiger partial charge in [0.25, 0.3) is 0 Å². The van der Waals surface area contributed by atoms with Crippen LogP contribution in [0.3, 0.4) is 0 Å². The molecule has 0 unspecified atom stereocenters. The number of hydrogen-bond donors (Lipinski definition) is 2. The van der Waals surface area contributed by atoms with E-state index in [4.69, 9.17) is 4.74 Å². The number of halogens is 1. The highest BCUT2D eigenvalue weighted by Gasteiger charge is 2.29. The summed E-state index contributed by atoms with van der Waals surface area (Å²) >= 11 is 0. The van der Waals surface area contributed by atoms with Gasteiger partial charge in [0.05, 0.1) is 12.4 Å². The number of rotatable bonds is 10. The molecule has 0 spiro atoms. The number of anilines is 1. The molecule has 1 aromatic carbocycles. The zero-order valence-corrected chi connectivity index (χ0v) is 18.9. The molecule has 2 heterocycles. The Morgan fingerprint density at radius 3 is 2.76 bits per heavy atom. The van der Waals surface area contributed by atoms with E-state index in [0.717, 1.165) is 12.8 Å². The summed E-state index contributed by atoms with van der Waals surface area (Å²) in [5, 5.41) is 2.17. The van der Waals surface area contributed by atoms with Gasteiger partial charge in [0.2, 0.25) is 15.9 Å². The number of amides is 3. The minimum absolute atomic E-state index is 0.110. The van der Waals surface area contributed by atoms with Crippen LogP contribution in [0.4, 0.5) is 15.0 Å². The molecule has 3 amide bonds. The number of aryl methyl sites for hydroxylation is 1. The first-order valence-corrected chi connectivity index (χ1v) is 12.3. The molecule has 1 saturated carbocycles. The minimum atomic E-state index is -3.69. The second-order valence-electron chi connectivity index (χ2n) is 8.28. The Hall–Kier alpha value is -3.05. The van der Waals surface area contributed by atoms with Crippen molar-refractivity contribution in [2.75, 3.05) is 23.8 Å². The lowest BCUT2D eigenvalue weighted by Crippen LogP contribution is -2.30. The molecule has 0 radical (unpaired) electrons. The average molecular weight is 477 g/mol. The number of pyridine rings is 1. The van der Waals surface area contributed by atoms with E-state index in [1.54, 1.807) is 25.1 Å². The maximum atomic E-state index is 14.0. The molecule has 2 aliphatic rings. The van der Waals surface area contributed by atoms with Crippen molar-refractivity contribution >= 4 is 27.8 Å². The number of imide groups is 1. The monoisotopic (exact) mass is 476 g/mol. The van der Waals surface area contributed by atoms with Crippen LogP contribution in [0.2, 0.25) is 0 Å². The van der Waals surface area contributed by atoms with Gasteiger partial charge in [0.1, 0.15) is 12.4 Å². The second kappa shape index (κ2) is 9.44. The van der Waals surface area contributed by atoms with Crippen LogP contribution in [-0.4, -0.2) is 44.2 Å². The van der Waals surface area contributed by atoms with Gasteiger partial charge >= 0.3 is 6.03 Å². The van der Waals surface area contributed by atoms with Crippen molar-refractivity contribution in [3.63, 3.8) is 0 Å². The zero-order valence-electron chi connectivity index (χ0n) is 18.1. The Morgan fingerprint density at radius 2 is 2.06 bits per heavy atom. The number of hydrogen-bond acceptors (Lipinski definition) is 6. The lowest BCUT2D eigenvalue weighted by molar-refractivity contribution is -0.117. The van der Waals surface area contributed by atoms with Gasteiger partial charge in [-0.2, -0.15) is 0 Å². The molecule has 176 valence electrons. The Labute approximate surface area is 191 Å². The summed E-state index contributed by atoms with van der Waals surface area (Å²) in [6, 6.07) is 8.06. The van der Waals surface area contributed by atoms with Crippen molar-refractivity contribution in [1.29, 1.82) is 0 Å². The maximum absolute atomic E-state index is 14.0. The van der Waals surface area contributed by atoms with Crippen LogP contribution >= 0.6 is 0 Å². The Bertz CT molecular complexity index is 1170. The van der Waals surface area contributed by atoms with E-state index in [2.05, 4.69) is 15.0 Å². The van der Waals surface area contributed by atoms with Gasteiger partial charge in [-0.25, -0.2) is 27.3 Å². The lowest BCUT2D eigenvalue weighted by Gasteiger charge is -2.17. The molecule has 1 aromatic heterocycles. The first-order chi connectivity index (χ1) is 15.7.